The fourth-order valence-corrected chi connectivity index (χ4v) is 2.99. The number of aryl methyl sites for hydroxylation is 2. The molecule has 2 heterocycles. The maximum absolute atomic E-state index is 11.9. The summed E-state index contributed by atoms with van der Waals surface area (Å²) in [6, 6.07) is 8.31. The Morgan fingerprint density at radius 1 is 1.43 bits per heavy atom. The third kappa shape index (κ3) is 3.27. The van der Waals surface area contributed by atoms with Crippen molar-refractivity contribution in [1.82, 2.24) is 9.88 Å². The summed E-state index contributed by atoms with van der Waals surface area (Å²) in [6.07, 6.45) is 5.81. The molecule has 1 atom stereocenters. The van der Waals surface area contributed by atoms with Gasteiger partial charge in [0.05, 0.1) is 6.10 Å². The number of ether oxygens (including phenoxy) is 1. The maximum Gasteiger partial charge on any atom is 0.220 e. The number of hydrogen-bond donors (Lipinski definition) is 1. The van der Waals surface area contributed by atoms with Gasteiger partial charge >= 0.3 is 0 Å². The van der Waals surface area contributed by atoms with Gasteiger partial charge < -0.3 is 14.6 Å². The van der Waals surface area contributed by atoms with Gasteiger partial charge in [-0.25, -0.2) is 0 Å². The molecule has 3 rings (SSSR count). The molecule has 0 bridgehead atoms. The highest BCUT2D eigenvalue weighted by Gasteiger charge is 2.16. The lowest BCUT2D eigenvalue weighted by atomic mass is 10.1. The normalized spacial score (nSPS) is 18.2. The molecule has 2 aromatic rings. The van der Waals surface area contributed by atoms with E-state index in [1.807, 2.05) is 19.2 Å². The molecule has 1 N–H and O–H groups in total. The molecule has 0 aliphatic carbocycles. The van der Waals surface area contributed by atoms with E-state index in [0.29, 0.717) is 13.0 Å². The van der Waals surface area contributed by atoms with E-state index in [9.17, 15) is 4.79 Å². The molecule has 1 amide bonds. The van der Waals surface area contributed by atoms with Gasteiger partial charge in [-0.05, 0) is 30.9 Å². The van der Waals surface area contributed by atoms with E-state index in [-0.39, 0.29) is 12.0 Å². The van der Waals surface area contributed by atoms with E-state index in [1.54, 1.807) is 0 Å². The first-order valence-corrected chi connectivity index (χ1v) is 7.65. The lowest BCUT2D eigenvalue weighted by Crippen LogP contribution is -2.31. The van der Waals surface area contributed by atoms with Crippen LogP contribution in [0.25, 0.3) is 10.9 Å². The lowest BCUT2D eigenvalue weighted by Gasteiger charge is -2.10. The van der Waals surface area contributed by atoms with Crippen LogP contribution >= 0.6 is 0 Å². The largest absolute Gasteiger partial charge is 0.376 e. The van der Waals surface area contributed by atoms with Gasteiger partial charge in [0.15, 0.2) is 0 Å². The van der Waals surface area contributed by atoms with Gasteiger partial charge in [0, 0.05) is 43.7 Å². The van der Waals surface area contributed by atoms with Crippen molar-refractivity contribution in [3.05, 3.63) is 36.0 Å². The van der Waals surface area contributed by atoms with E-state index < -0.39 is 0 Å². The zero-order valence-electron chi connectivity index (χ0n) is 12.5. The highest BCUT2D eigenvalue weighted by molar-refractivity contribution is 5.84. The third-order valence-corrected chi connectivity index (χ3v) is 4.15. The second kappa shape index (κ2) is 6.31. The molecule has 0 radical (unpaired) electrons. The van der Waals surface area contributed by atoms with Crippen LogP contribution in [0.4, 0.5) is 0 Å². The molecule has 0 spiro atoms. The fourth-order valence-electron chi connectivity index (χ4n) is 2.99. The minimum Gasteiger partial charge on any atom is -0.376 e. The van der Waals surface area contributed by atoms with Crippen LogP contribution in [-0.2, 0) is 23.0 Å². The second-order valence-electron chi connectivity index (χ2n) is 5.72. The van der Waals surface area contributed by atoms with Gasteiger partial charge in [0.25, 0.3) is 0 Å². The number of rotatable bonds is 5. The summed E-state index contributed by atoms with van der Waals surface area (Å²) in [6.45, 7) is 1.48. The van der Waals surface area contributed by atoms with Crippen LogP contribution in [0, 0.1) is 0 Å². The SMILES string of the molecule is Cn1cc(CCC(=O)NC[C@@H]2CCCO2)c2ccccc21. The van der Waals surface area contributed by atoms with Crippen LogP contribution in [-0.4, -0.2) is 29.7 Å². The Labute approximate surface area is 125 Å². The fraction of sp³-hybridized carbons (Fsp3) is 0.471. The highest BCUT2D eigenvalue weighted by Crippen LogP contribution is 2.21. The number of hydrogen-bond acceptors (Lipinski definition) is 2. The van der Waals surface area contributed by atoms with Crippen molar-refractivity contribution in [2.75, 3.05) is 13.2 Å². The van der Waals surface area contributed by atoms with Crippen molar-refractivity contribution in [3.63, 3.8) is 0 Å². The molecule has 4 heteroatoms. The summed E-state index contributed by atoms with van der Waals surface area (Å²) >= 11 is 0. The Morgan fingerprint density at radius 3 is 3.10 bits per heavy atom. The number of benzene rings is 1. The van der Waals surface area contributed by atoms with Crippen molar-refractivity contribution < 1.29 is 9.53 Å². The van der Waals surface area contributed by atoms with Crippen LogP contribution in [0.5, 0.6) is 0 Å². The quantitative estimate of drug-likeness (QED) is 0.917. The van der Waals surface area contributed by atoms with Crippen molar-refractivity contribution >= 4 is 16.8 Å². The number of nitrogens with one attached hydrogen (secondary N) is 1. The Balaban J connectivity index is 1.55. The van der Waals surface area contributed by atoms with Gasteiger partial charge in [0.1, 0.15) is 0 Å². The summed E-state index contributed by atoms with van der Waals surface area (Å²) in [4.78, 5) is 11.9. The molecule has 21 heavy (non-hydrogen) atoms. The zero-order valence-corrected chi connectivity index (χ0v) is 12.5. The molecule has 1 aromatic carbocycles. The van der Waals surface area contributed by atoms with Gasteiger partial charge in [-0.15, -0.1) is 0 Å². The summed E-state index contributed by atoms with van der Waals surface area (Å²) in [5.74, 6) is 0.110. The summed E-state index contributed by atoms with van der Waals surface area (Å²) < 4.78 is 7.63. The zero-order chi connectivity index (χ0) is 14.7. The predicted octanol–water partition coefficient (Wildman–Crippen LogP) is 2.41. The molecule has 1 aliphatic heterocycles. The van der Waals surface area contributed by atoms with Gasteiger partial charge in [-0.1, -0.05) is 18.2 Å². The Bertz CT molecular complexity index is 627. The van der Waals surface area contributed by atoms with Crippen molar-refractivity contribution in [1.29, 1.82) is 0 Å². The van der Waals surface area contributed by atoms with Crippen molar-refractivity contribution in [2.45, 2.75) is 31.8 Å². The van der Waals surface area contributed by atoms with E-state index in [4.69, 9.17) is 4.74 Å². The molecular formula is C17H22N2O2. The number of carbonyl (C=O) groups excluding carboxylic acids is 1. The summed E-state index contributed by atoms with van der Waals surface area (Å²) in [5, 5.41) is 4.22. The monoisotopic (exact) mass is 286 g/mol. The minimum atomic E-state index is 0.110. The lowest BCUT2D eigenvalue weighted by molar-refractivity contribution is -0.121. The first-order chi connectivity index (χ1) is 10.2. The summed E-state index contributed by atoms with van der Waals surface area (Å²) in [7, 11) is 2.04. The number of amides is 1. The minimum absolute atomic E-state index is 0.110. The number of para-hydroxylation sites is 1. The average molecular weight is 286 g/mol. The van der Waals surface area contributed by atoms with Crippen LogP contribution in [0.2, 0.25) is 0 Å². The smallest absolute Gasteiger partial charge is 0.220 e. The molecule has 1 aliphatic rings. The first kappa shape index (κ1) is 14.1. The summed E-state index contributed by atoms with van der Waals surface area (Å²) in [5.41, 5.74) is 2.45. The van der Waals surface area contributed by atoms with E-state index in [2.05, 4.69) is 28.2 Å². The number of aromatic nitrogens is 1. The van der Waals surface area contributed by atoms with Crippen LogP contribution in [0.1, 0.15) is 24.8 Å². The van der Waals surface area contributed by atoms with E-state index >= 15 is 0 Å². The van der Waals surface area contributed by atoms with Crippen LogP contribution < -0.4 is 5.32 Å². The maximum atomic E-state index is 11.9. The highest BCUT2D eigenvalue weighted by atomic mass is 16.5. The van der Waals surface area contributed by atoms with Crippen molar-refractivity contribution in [2.24, 2.45) is 7.05 Å². The molecule has 1 fully saturated rings. The number of fused-ring (bicyclic) bond motifs is 1. The molecule has 0 saturated carbocycles. The Hall–Kier alpha value is -1.81. The molecule has 4 nitrogen and oxygen atoms in total. The Kier molecular flexibility index (Phi) is 4.25. The van der Waals surface area contributed by atoms with E-state index in [1.165, 1.54) is 16.5 Å². The number of nitrogens with zero attached hydrogens (tertiary/aromatic N) is 1. The average Bonchev–Trinajstić information content (AvgIpc) is 3.12. The van der Waals surface area contributed by atoms with Crippen LogP contribution in [0.3, 0.4) is 0 Å². The standard InChI is InChI=1S/C17H22N2O2/c1-19-12-13(15-6-2-3-7-16(15)19)8-9-17(20)18-11-14-5-4-10-21-14/h2-3,6-7,12,14H,4-5,8-11H2,1H3,(H,18,20)/t14-/m0/s1. The van der Waals surface area contributed by atoms with Gasteiger partial charge in [-0.3, -0.25) is 4.79 Å². The van der Waals surface area contributed by atoms with Gasteiger partial charge in [0.2, 0.25) is 5.91 Å². The van der Waals surface area contributed by atoms with E-state index in [0.717, 1.165) is 25.9 Å². The predicted molar refractivity (Wildman–Crippen MR) is 83.2 cm³/mol. The van der Waals surface area contributed by atoms with Crippen LogP contribution in [0.15, 0.2) is 30.5 Å². The molecule has 0 unspecified atom stereocenters. The first-order valence-electron chi connectivity index (χ1n) is 7.65. The topological polar surface area (TPSA) is 43.3 Å². The third-order valence-electron chi connectivity index (χ3n) is 4.15. The second-order valence-corrected chi connectivity index (χ2v) is 5.72. The van der Waals surface area contributed by atoms with Crippen molar-refractivity contribution in [3.8, 4) is 0 Å². The molecular weight excluding hydrogens is 264 g/mol. The Morgan fingerprint density at radius 2 is 2.29 bits per heavy atom. The number of carbonyl (C=O) groups is 1. The molecule has 1 saturated heterocycles. The molecule has 112 valence electrons. The van der Waals surface area contributed by atoms with Gasteiger partial charge in [-0.2, -0.15) is 0 Å². The molecule has 1 aromatic heterocycles.